The highest BCUT2D eigenvalue weighted by Crippen LogP contribution is 2.18. The van der Waals surface area contributed by atoms with Gasteiger partial charge >= 0.3 is 0 Å². The lowest BCUT2D eigenvalue weighted by Gasteiger charge is -2.10. The van der Waals surface area contributed by atoms with Crippen LogP contribution in [0.3, 0.4) is 0 Å². The van der Waals surface area contributed by atoms with Crippen LogP contribution in [0.5, 0.6) is 0 Å². The zero-order chi connectivity index (χ0) is 20.2. The normalized spacial score (nSPS) is 12.7. The van der Waals surface area contributed by atoms with Crippen molar-refractivity contribution in [3.05, 3.63) is 53.6 Å². The number of primary sulfonamides is 1. The molecule has 2 rings (SSSR count). The first kappa shape index (κ1) is 20.4. The topological polar surface area (TPSA) is 131 Å². The number of hydrogen-bond acceptors (Lipinski definition) is 6. The van der Waals surface area contributed by atoms with Crippen molar-refractivity contribution in [2.24, 2.45) is 15.4 Å². The Balaban J connectivity index is 2.18. The molecule has 2 aromatic carbocycles. The minimum absolute atomic E-state index is 0.0721. The number of carbonyl (C=O) groups excluding carboxylic acids is 2. The predicted molar refractivity (Wildman–Crippen MR) is 101 cm³/mol. The van der Waals surface area contributed by atoms with Gasteiger partial charge in [0.2, 0.25) is 16.1 Å². The molecule has 142 valence electrons. The highest BCUT2D eigenvalue weighted by molar-refractivity contribution is 7.89. The fourth-order valence-electron chi connectivity index (χ4n) is 2.40. The van der Waals surface area contributed by atoms with Gasteiger partial charge in [-0.1, -0.05) is 6.07 Å². The zero-order valence-electron chi connectivity index (χ0n) is 15.1. The van der Waals surface area contributed by atoms with E-state index in [0.29, 0.717) is 5.69 Å². The van der Waals surface area contributed by atoms with Gasteiger partial charge in [0.15, 0.2) is 5.78 Å². The van der Waals surface area contributed by atoms with Crippen LogP contribution >= 0.6 is 0 Å². The number of benzene rings is 2. The van der Waals surface area contributed by atoms with Crippen LogP contribution in [0.4, 0.5) is 11.4 Å². The number of rotatable bonds is 6. The summed E-state index contributed by atoms with van der Waals surface area (Å²) < 4.78 is 22.5. The number of sulfonamides is 1. The van der Waals surface area contributed by atoms with E-state index in [9.17, 15) is 18.0 Å². The number of ketones is 1. The van der Waals surface area contributed by atoms with Crippen LogP contribution in [0.1, 0.15) is 18.1 Å². The highest BCUT2D eigenvalue weighted by atomic mass is 32.2. The highest BCUT2D eigenvalue weighted by Gasteiger charge is 2.23. The van der Waals surface area contributed by atoms with E-state index in [-0.39, 0.29) is 10.6 Å². The molecular formula is C18H20N4O4S. The van der Waals surface area contributed by atoms with Gasteiger partial charge in [-0.2, -0.15) is 10.2 Å². The summed E-state index contributed by atoms with van der Waals surface area (Å²) >= 11 is 0. The second-order valence-electron chi connectivity index (χ2n) is 6.13. The number of nitrogens with one attached hydrogen (secondary N) is 1. The average Bonchev–Trinajstić information content (AvgIpc) is 2.53. The molecular weight excluding hydrogens is 368 g/mol. The lowest BCUT2D eigenvalue weighted by Crippen LogP contribution is -2.31. The van der Waals surface area contributed by atoms with Gasteiger partial charge in [-0.05, 0) is 68.3 Å². The Morgan fingerprint density at radius 2 is 1.59 bits per heavy atom. The van der Waals surface area contributed by atoms with Gasteiger partial charge in [0.05, 0.1) is 10.6 Å². The molecule has 1 amide bonds. The van der Waals surface area contributed by atoms with Gasteiger partial charge in [-0.3, -0.25) is 9.59 Å². The van der Waals surface area contributed by atoms with Crippen LogP contribution in [0, 0.1) is 13.8 Å². The molecule has 8 nitrogen and oxygen atoms in total. The van der Waals surface area contributed by atoms with Crippen molar-refractivity contribution in [3.8, 4) is 0 Å². The average molecular weight is 388 g/mol. The molecule has 0 unspecified atom stereocenters. The summed E-state index contributed by atoms with van der Waals surface area (Å²) in [4.78, 5) is 24.1. The molecule has 9 heteroatoms. The van der Waals surface area contributed by atoms with Crippen LogP contribution in [-0.4, -0.2) is 26.2 Å². The Bertz CT molecular complexity index is 978. The van der Waals surface area contributed by atoms with E-state index in [1.807, 2.05) is 19.9 Å². The maximum absolute atomic E-state index is 12.4. The molecule has 0 aromatic heterocycles. The molecule has 0 bridgehead atoms. The van der Waals surface area contributed by atoms with Crippen LogP contribution in [0.15, 0.2) is 57.6 Å². The quantitative estimate of drug-likeness (QED) is 0.581. The van der Waals surface area contributed by atoms with Crippen LogP contribution in [0.25, 0.3) is 0 Å². The maximum Gasteiger partial charge on any atom is 0.258 e. The second kappa shape index (κ2) is 8.19. The summed E-state index contributed by atoms with van der Waals surface area (Å²) in [5.41, 5.74) is 2.80. The summed E-state index contributed by atoms with van der Waals surface area (Å²) in [5.74, 6) is -1.07. The number of nitrogens with two attached hydrogens (primary N) is 1. The van der Waals surface area contributed by atoms with E-state index in [4.69, 9.17) is 5.14 Å². The van der Waals surface area contributed by atoms with E-state index >= 15 is 0 Å². The minimum atomic E-state index is -3.81. The largest absolute Gasteiger partial charge is 0.324 e. The predicted octanol–water partition coefficient (Wildman–Crippen LogP) is 2.63. The van der Waals surface area contributed by atoms with E-state index < -0.39 is 27.8 Å². The van der Waals surface area contributed by atoms with Gasteiger partial charge in [0, 0.05) is 5.69 Å². The number of anilines is 1. The molecule has 0 saturated heterocycles. The number of carbonyl (C=O) groups is 2. The standard InChI is InChI=1S/C18H20N4O4S/c1-11-8-12(2)10-15(9-11)20-18(24)17(13(3)23)22-21-14-4-6-16(7-5-14)27(19,25)26/h4-10,17H,1-3H3,(H,20,24)(H2,19,25,26)/t17-/m1/s1. The third-order valence-electron chi connectivity index (χ3n) is 3.58. The van der Waals surface area contributed by atoms with Crippen LogP contribution < -0.4 is 10.5 Å². The molecule has 0 fully saturated rings. The molecule has 0 aliphatic heterocycles. The second-order valence-corrected chi connectivity index (χ2v) is 7.69. The van der Waals surface area contributed by atoms with E-state index in [0.717, 1.165) is 11.1 Å². The van der Waals surface area contributed by atoms with Crippen LogP contribution in [0.2, 0.25) is 0 Å². The Labute approximate surface area is 157 Å². The summed E-state index contributed by atoms with van der Waals surface area (Å²) in [7, 11) is -3.81. The molecule has 0 spiro atoms. The number of hydrogen-bond donors (Lipinski definition) is 2. The zero-order valence-corrected chi connectivity index (χ0v) is 15.9. The molecule has 3 N–H and O–H groups in total. The first-order valence-electron chi connectivity index (χ1n) is 7.99. The fourth-order valence-corrected chi connectivity index (χ4v) is 2.92. The van der Waals surface area contributed by atoms with E-state index in [1.54, 1.807) is 12.1 Å². The van der Waals surface area contributed by atoms with Crippen molar-refractivity contribution in [3.63, 3.8) is 0 Å². The smallest absolute Gasteiger partial charge is 0.258 e. The van der Waals surface area contributed by atoms with Crippen molar-refractivity contribution < 1.29 is 18.0 Å². The number of azo groups is 1. The van der Waals surface area contributed by atoms with Crippen molar-refractivity contribution in [1.29, 1.82) is 0 Å². The minimum Gasteiger partial charge on any atom is -0.324 e. The summed E-state index contributed by atoms with van der Waals surface area (Å²) in [6.07, 6.45) is 0. The maximum atomic E-state index is 12.4. The van der Waals surface area contributed by atoms with Crippen molar-refractivity contribution in [2.75, 3.05) is 5.32 Å². The first-order valence-corrected chi connectivity index (χ1v) is 9.54. The molecule has 0 heterocycles. The number of amides is 1. The van der Waals surface area contributed by atoms with Gasteiger partial charge in [-0.15, -0.1) is 0 Å². The first-order chi connectivity index (χ1) is 12.6. The SMILES string of the molecule is CC(=O)[C@@H](N=Nc1ccc(S(N)(=O)=O)cc1)C(=O)Nc1cc(C)cc(C)c1. The Morgan fingerprint density at radius 1 is 1.04 bits per heavy atom. The lowest BCUT2D eigenvalue weighted by atomic mass is 10.1. The van der Waals surface area contributed by atoms with Crippen molar-refractivity contribution in [1.82, 2.24) is 0 Å². The summed E-state index contributed by atoms with van der Waals surface area (Å²) in [6.45, 7) is 5.04. The Hall–Kier alpha value is -2.91. The monoisotopic (exact) mass is 388 g/mol. The molecule has 0 aliphatic carbocycles. The van der Waals surface area contributed by atoms with Crippen molar-refractivity contribution in [2.45, 2.75) is 31.7 Å². The molecule has 2 aromatic rings. The molecule has 0 saturated carbocycles. The molecule has 1 atom stereocenters. The van der Waals surface area contributed by atoms with Gasteiger partial charge < -0.3 is 5.32 Å². The number of nitrogens with zero attached hydrogens (tertiary/aromatic N) is 2. The molecule has 27 heavy (non-hydrogen) atoms. The van der Waals surface area contributed by atoms with Gasteiger partial charge in [0.1, 0.15) is 0 Å². The lowest BCUT2D eigenvalue weighted by molar-refractivity contribution is -0.126. The Morgan fingerprint density at radius 3 is 2.07 bits per heavy atom. The third-order valence-corrected chi connectivity index (χ3v) is 4.51. The fraction of sp³-hybridized carbons (Fsp3) is 0.222. The summed E-state index contributed by atoms with van der Waals surface area (Å²) in [5, 5.41) is 15.3. The number of Topliss-reactive ketones (excluding diaryl/α,β-unsaturated/α-hetero) is 1. The third kappa shape index (κ3) is 5.80. The molecule has 0 radical (unpaired) electrons. The Kier molecular flexibility index (Phi) is 6.19. The summed E-state index contributed by atoms with van der Waals surface area (Å²) in [6, 6.07) is 9.50. The molecule has 0 aliphatic rings. The van der Waals surface area contributed by atoms with Crippen molar-refractivity contribution >= 4 is 33.1 Å². The van der Waals surface area contributed by atoms with E-state index in [2.05, 4.69) is 15.5 Å². The van der Waals surface area contributed by atoms with Gasteiger partial charge in [-0.25, -0.2) is 13.6 Å². The number of aryl methyl sites for hydroxylation is 2. The van der Waals surface area contributed by atoms with Crippen LogP contribution in [-0.2, 0) is 19.6 Å². The van der Waals surface area contributed by atoms with Gasteiger partial charge in [0.25, 0.3) is 5.91 Å². The van der Waals surface area contributed by atoms with E-state index in [1.165, 1.54) is 31.2 Å².